The largest absolute Gasteiger partial charge is 0.507 e. The van der Waals surface area contributed by atoms with Crippen molar-refractivity contribution in [1.29, 1.82) is 0 Å². The van der Waals surface area contributed by atoms with Gasteiger partial charge in [0, 0.05) is 11.3 Å². The number of amides is 1. The van der Waals surface area contributed by atoms with Gasteiger partial charge in [0.1, 0.15) is 17.1 Å². The Balaban J connectivity index is 2.20. The average molecular weight is 397 g/mol. The fourth-order valence-electron chi connectivity index (χ4n) is 3.14. The third kappa shape index (κ3) is 3.23. The van der Waals surface area contributed by atoms with E-state index < -0.39 is 34.7 Å². The van der Waals surface area contributed by atoms with Gasteiger partial charge in [-0.2, -0.15) is 0 Å². The number of hydrogen-bond acceptors (Lipinski definition) is 7. The maximum absolute atomic E-state index is 12.7. The number of ketones is 1. The van der Waals surface area contributed by atoms with E-state index in [4.69, 9.17) is 4.74 Å². The van der Waals surface area contributed by atoms with E-state index in [0.29, 0.717) is 17.3 Å². The monoisotopic (exact) mass is 397 g/mol. The number of hydrogen-bond donors (Lipinski definition) is 2. The topological polar surface area (TPSA) is 113 Å². The Morgan fingerprint density at radius 3 is 2.24 bits per heavy atom. The second-order valence-corrected chi connectivity index (χ2v) is 6.15. The Kier molecular flexibility index (Phi) is 5.38. The summed E-state index contributed by atoms with van der Waals surface area (Å²) in [5, 5.41) is 21.9. The van der Waals surface area contributed by atoms with Crippen molar-refractivity contribution in [2.45, 2.75) is 12.6 Å². The Morgan fingerprint density at radius 2 is 1.69 bits per heavy atom. The molecule has 150 valence electrons. The summed E-state index contributed by atoms with van der Waals surface area (Å²) in [7, 11) is 1.00. The normalized spacial score (nSPS) is 20.6. The van der Waals surface area contributed by atoms with Gasteiger partial charge in [-0.25, -0.2) is 4.79 Å². The van der Waals surface area contributed by atoms with Crippen LogP contribution >= 0.6 is 0 Å². The van der Waals surface area contributed by atoms with Crippen LogP contribution in [-0.2, 0) is 19.1 Å². The summed E-state index contributed by atoms with van der Waals surface area (Å²) >= 11 is 0. The van der Waals surface area contributed by atoms with Crippen molar-refractivity contribution in [1.82, 2.24) is 0 Å². The zero-order valence-electron chi connectivity index (χ0n) is 15.8. The Labute approximate surface area is 166 Å². The molecule has 0 spiro atoms. The molecular weight excluding hydrogens is 378 g/mol. The molecule has 0 aliphatic carbocycles. The molecule has 1 atom stereocenters. The highest BCUT2D eigenvalue weighted by molar-refractivity contribution is 6.54. The molecule has 29 heavy (non-hydrogen) atoms. The van der Waals surface area contributed by atoms with Crippen LogP contribution in [0.25, 0.3) is 5.76 Å². The summed E-state index contributed by atoms with van der Waals surface area (Å²) in [5.74, 6) is -3.88. The second kappa shape index (κ2) is 7.76. The van der Waals surface area contributed by atoms with Crippen molar-refractivity contribution < 1.29 is 34.1 Å². The lowest BCUT2D eigenvalue weighted by Gasteiger charge is -2.31. The molecule has 2 aromatic carbocycles. The van der Waals surface area contributed by atoms with Gasteiger partial charge in [0.2, 0.25) is 0 Å². The highest BCUT2D eigenvalue weighted by Crippen LogP contribution is 2.40. The lowest BCUT2D eigenvalue weighted by Crippen LogP contribution is -2.54. The molecule has 3 rings (SSSR count). The van der Waals surface area contributed by atoms with E-state index in [2.05, 4.69) is 4.74 Å². The highest BCUT2D eigenvalue weighted by Gasteiger charge is 2.62. The predicted molar refractivity (Wildman–Crippen MR) is 103 cm³/mol. The molecule has 0 bridgehead atoms. The van der Waals surface area contributed by atoms with Gasteiger partial charge in [0.15, 0.2) is 0 Å². The maximum Gasteiger partial charge on any atom is 0.365 e. The molecule has 0 unspecified atom stereocenters. The van der Waals surface area contributed by atoms with Crippen LogP contribution in [0.2, 0.25) is 0 Å². The van der Waals surface area contributed by atoms with Gasteiger partial charge in [-0.1, -0.05) is 30.3 Å². The van der Waals surface area contributed by atoms with Gasteiger partial charge in [-0.15, -0.1) is 0 Å². The minimum atomic E-state index is -2.84. The molecule has 0 aromatic heterocycles. The van der Waals surface area contributed by atoms with Gasteiger partial charge >= 0.3 is 11.9 Å². The van der Waals surface area contributed by atoms with Crippen LogP contribution in [0.5, 0.6) is 5.75 Å². The number of rotatable bonds is 5. The molecule has 1 heterocycles. The molecule has 2 aromatic rings. The number of ether oxygens (including phenoxy) is 2. The Morgan fingerprint density at radius 1 is 1.07 bits per heavy atom. The van der Waals surface area contributed by atoms with Crippen LogP contribution in [0.4, 0.5) is 5.69 Å². The molecule has 1 aliphatic rings. The smallest absolute Gasteiger partial charge is 0.365 e. The number of nitrogens with zero attached hydrogens (tertiary/aromatic N) is 1. The van der Waals surface area contributed by atoms with E-state index in [1.165, 1.54) is 36.4 Å². The van der Waals surface area contributed by atoms with Crippen LogP contribution in [-0.4, -0.2) is 47.3 Å². The van der Waals surface area contributed by atoms with Crippen LogP contribution in [0.1, 0.15) is 12.5 Å². The fourth-order valence-corrected chi connectivity index (χ4v) is 3.14. The minimum absolute atomic E-state index is 0.0514. The van der Waals surface area contributed by atoms with Crippen LogP contribution < -0.4 is 9.64 Å². The number of Topliss-reactive ketones (excluding diaryl/α,β-unsaturated/α-hetero) is 1. The number of benzene rings is 2. The zero-order valence-corrected chi connectivity index (χ0v) is 15.8. The van der Waals surface area contributed by atoms with Crippen molar-refractivity contribution in [3.8, 4) is 5.75 Å². The van der Waals surface area contributed by atoms with Gasteiger partial charge in [-0.3, -0.25) is 14.5 Å². The molecular formula is C21H19NO7. The first-order valence-electron chi connectivity index (χ1n) is 8.77. The van der Waals surface area contributed by atoms with Crippen molar-refractivity contribution >= 4 is 29.1 Å². The molecule has 1 aliphatic heterocycles. The Bertz CT molecular complexity index is 982. The van der Waals surface area contributed by atoms with Gasteiger partial charge < -0.3 is 19.7 Å². The second-order valence-electron chi connectivity index (χ2n) is 6.15. The summed E-state index contributed by atoms with van der Waals surface area (Å²) < 4.78 is 9.99. The van der Waals surface area contributed by atoms with E-state index in [9.17, 15) is 24.6 Å². The standard InChI is InChI=1S/C21H19NO7/c1-3-29-15-11-9-14(10-12-15)22-19(25)18(24)16(21(22,27)20(26)28-2)17(23)13-7-5-4-6-8-13/h4-12,23,27H,3H2,1-2H3/b17-16+/t21-/m0/s1. The van der Waals surface area contributed by atoms with E-state index in [-0.39, 0.29) is 11.3 Å². The predicted octanol–water partition coefficient (Wildman–Crippen LogP) is 1.83. The summed E-state index contributed by atoms with van der Waals surface area (Å²) in [4.78, 5) is 38.6. The molecule has 0 radical (unpaired) electrons. The number of aliphatic hydroxyl groups excluding tert-OH is 1. The number of aliphatic hydroxyl groups is 2. The minimum Gasteiger partial charge on any atom is -0.507 e. The molecule has 0 saturated carbocycles. The number of carbonyl (C=O) groups excluding carboxylic acids is 3. The summed E-state index contributed by atoms with van der Waals surface area (Å²) in [6.07, 6.45) is 0. The summed E-state index contributed by atoms with van der Waals surface area (Å²) in [6.45, 7) is 2.22. The van der Waals surface area contributed by atoms with E-state index in [1.807, 2.05) is 0 Å². The number of carbonyl (C=O) groups is 3. The first-order valence-corrected chi connectivity index (χ1v) is 8.77. The summed E-state index contributed by atoms with van der Waals surface area (Å²) in [6, 6.07) is 13.7. The quantitative estimate of drug-likeness (QED) is 0.342. The zero-order chi connectivity index (χ0) is 21.2. The van der Waals surface area contributed by atoms with Crippen molar-refractivity contribution in [2.24, 2.45) is 0 Å². The van der Waals surface area contributed by atoms with Crippen molar-refractivity contribution in [3.05, 3.63) is 65.7 Å². The van der Waals surface area contributed by atoms with Crippen LogP contribution in [0, 0.1) is 0 Å². The van der Waals surface area contributed by atoms with Gasteiger partial charge in [0.25, 0.3) is 11.5 Å². The number of methoxy groups -OCH3 is 1. The Hall–Kier alpha value is -3.65. The number of anilines is 1. The summed E-state index contributed by atoms with van der Waals surface area (Å²) in [5.41, 5.74) is -3.40. The van der Waals surface area contributed by atoms with Crippen LogP contribution in [0.3, 0.4) is 0 Å². The van der Waals surface area contributed by atoms with Crippen LogP contribution in [0.15, 0.2) is 60.2 Å². The molecule has 1 saturated heterocycles. The molecule has 8 nitrogen and oxygen atoms in total. The first kappa shape index (κ1) is 20.1. The van der Waals surface area contributed by atoms with Crippen molar-refractivity contribution in [2.75, 3.05) is 18.6 Å². The molecule has 2 N–H and O–H groups in total. The number of esters is 1. The van der Waals surface area contributed by atoms with E-state index in [1.54, 1.807) is 25.1 Å². The molecule has 1 fully saturated rings. The first-order chi connectivity index (χ1) is 13.9. The average Bonchev–Trinajstić information content (AvgIpc) is 2.95. The van der Waals surface area contributed by atoms with E-state index in [0.717, 1.165) is 7.11 Å². The maximum atomic E-state index is 12.7. The van der Waals surface area contributed by atoms with Crippen molar-refractivity contribution in [3.63, 3.8) is 0 Å². The lowest BCUT2D eigenvalue weighted by molar-refractivity contribution is -0.158. The fraction of sp³-hybridized carbons (Fsp3) is 0.190. The lowest BCUT2D eigenvalue weighted by atomic mass is 9.97. The van der Waals surface area contributed by atoms with Gasteiger partial charge in [-0.05, 0) is 31.2 Å². The van der Waals surface area contributed by atoms with E-state index >= 15 is 0 Å². The molecule has 8 heteroatoms. The SMILES string of the molecule is CCOc1ccc(N2C(=O)C(=O)/C(=C(\O)c3ccccc3)[C@]2(O)C(=O)OC)cc1. The highest BCUT2D eigenvalue weighted by atomic mass is 16.5. The third-order valence-corrected chi connectivity index (χ3v) is 4.46. The van der Waals surface area contributed by atoms with Gasteiger partial charge in [0.05, 0.1) is 13.7 Å². The third-order valence-electron chi connectivity index (χ3n) is 4.46. The molecule has 1 amide bonds.